The van der Waals surface area contributed by atoms with Crippen molar-refractivity contribution in [3.63, 3.8) is 0 Å². The van der Waals surface area contributed by atoms with E-state index in [-0.39, 0.29) is 0 Å². The van der Waals surface area contributed by atoms with Gasteiger partial charge in [0.2, 0.25) is 0 Å². The lowest BCUT2D eigenvalue weighted by atomic mass is 10.4. The van der Waals surface area contributed by atoms with Gasteiger partial charge in [-0.05, 0) is 40.8 Å². The minimum absolute atomic E-state index is 0.630. The molecule has 0 bridgehead atoms. The molecule has 0 aliphatic rings. The molecule has 0 aliphatic carbocycles. The first-order chi connectivity index (χ1) is 6.27. The number of halogens is 2. The van der Waals surface area contributed by atoms with Crippen molar-refractivity contribution in [2.75, 3.05) is 0 Å². The Morgan fingerprint density at radius 3 is 3.00 bits per heavy atom. The molecule has 2 aromatic rings. The number of nitrogens with zero attached hydrogens (tertiary/aromatic N) is 2. The Morgan fingerprint density at radius 1 is 1.54 bits per heavy atom. The minimum atomic E-state index is 0.630. The summed E-state index contributed by atoms with van der Waals surface area (Å²) in [6.45, 7) is 0. The van der Waals surface area contributed by atoms with Crippen LogP contribution in [0.25, 0.3) is 5.82 Å². The van der Waals surface area contributed by atoms with Crippen LogP contribution in [-0.4, -0.2) is 9.55 Å². The Labute approximate surface area is 94.7 Å². The molecule has 13 heavy (non-hydrogen) atoms. The number of aromatic nitrogens is 2. The van der Waals surface area contributed by atoms with Crippen molar-refractivity contribution >= 4 is 34.2 Å². The monoisotopic (exact) mass is 303 g/mol. The molecule has 0 N–H and O–H groups in total. The summed E-state index contributed by atoms with van der Waals surface area (Å²) in [5.74, 6) is 0.715. The molecule has 0 spiro atoms. The maximum Gasteiger partial charge on any atom is 0.155 e. The molecule has 2 rings (SSSR count). The number of rotatable bonds is 1. The Balaban J connectivity index is 2.52. The fraction of sp³-hybridized carbons (Fsp3) is 0. The van der Waals surface area contributed by atoms with E-state index in [9.17, 15) is 0 Å². The van der Waals surface area contributed by atoms with Gasteiger partial charge >= 0.3 is 0 Å². The summed E-state index contributed by atoms with van der Waals surface area (Å²) < 4.78 is 2.89. The highest BCUT2D eigenvalue weighted by Crippen LogP contribution is 2.17. The summed E-state index contributed by atoms with van der Waals surface area (Å²) in [7, 11) is 0. The fourth-order valence-corrected chi connectivity index (χ4v) is 1.64. The summed E-state index contributed by atoms with van der Waals surface area (Å²) in [5.41, 5.74) is 0. The van der Waals surface area contributed by atoms with Gasteiger partial charge in [0.1, 0.15) is 0 Å². The highest BCUT2D eigenvalue weighted by molar-refractivity contribution is 14.1. The minimum Gasteiger partial charge on any atom is -0.297 e. The lowest BCUT2D eigenvalue weighted by molar-refractivity contribution is 0.999. The van der Waals surface area contributed by atoms with E-state index >= 15 is 0 Å². The Kier molecular flexibility index (Phi) is 2.55. The zero-order valence-corrected chi connectivity index (χ0v) is 9.45. The van der Waals surface area contributed by atoms with Gasteiger partial charge in [-0.1, -0.05) is 11.6 Å². The van der Waals surface area contributed by atoms with Gasteiger partial charge in [0.05, 0.1) is 11.2 Å². The van der Waals surface area contributed by atoms with Gasteiger partial charge in [-0.2, -0.15) is 0 Å². The van der Waals surface area contributed by atoms with Crippen LogP contribution in [0.15, 0.2) is 30.6 Å². The predicted molar refractivity (Wildman–Crippen MR) is 60.1 cm³/mol. The van der Waals surface area contributed by atoms with Gasteiger partial charge in [0, 0.05) is 16.0 Å². The smallest absolute Gasteiger partial charge is 0.155 e. The Hall–Kier alpha value is -0.550. The van der Waals surface area contributed by atoms with Crippen LogP contribution in [0.3, 0.4) is 0 Å². The van der Waals surface area contributed by atoms with Gasteiger partial charge in [-0.3, -0.25) is 4.57 Å². The second-order valence-corrected chi connectivity index (χ2v) is 4.12. The molecule has 0 saturated heterocycles. The van der Waals surface area contributed by atoms with E-state index in [0.717, 1.165) is 3.57 Å². The molecule has 0 aliphatic heterocycles. The molecule has 0 fully saturated rings. The standard InChI is InChI=1S/C9H5ClIN2/c10-8-2-1-4-12-9(8)13-5-3-7(11)6-13/h1-4,6H. The van der Waals surface area contributed by atoms with Gasteiger partial charge in [-0.15, -0.1) is 0 Å². The first-order valence-corrected chi connectivity index (χ1v) is 5.09. The molecule has 2 heterocycles. The maximum absolute atomic E-state index is 5.96. The quantitative estimate of drug-likeness (QED) is 0.741. The Morgan fingerprint density at radius 2 is 2.38 bits per heavy atom. The highest BCUT2D eigenvalue weighted by Gasteiger charge is 2.02. The van der Waals surface area contributed by atoms with E-state index in [0.29, 0.717) is 10.8 Å². The molecular formula is C9H5ClIN2. The second-order valence-electron chi connectivity index (χ2n) is 2.47. The molecule has 0 atom stereocenters. The second kappa shape index (κ2) is 3.67. The molecule has 4 heteroatoms. The van der Waals surface area contributed by atoms with E-state index in [1.807, 2.05) is 18.3 Å². The van der Waals surface area contributed by atoms with Crippen LogP contribution in [0.5, 0.6) is 0 Å². The van der Waals surface area contributed by atoms with Crippen molar-refractivity contribution in [2.24, 2.45) is 0 Å². The largest absolute Gasteiger partial charge is 0.297 e. The van der Waals surface area contributed by atoms with Crippen LogP contribution in [0.4, 0.5) is 0 Å². The van der Waals surface area contributed by atoms with E-state index in [2.05, 4.69) is 33.8 Å². The van der Waals surface area contributed by atoms with Crippen molar-refractivity contribution in [1.82, 2.24) is 9.55 Å². The van der Waals surface area contributed by atoms with Gasteiger partial charge in [0.25, 0.3) is 0 Å². The molecule has 2 aromatic heterocycles. The lowest BCUT2D eigenvalue weighted by Gasteiger charge is -2.01. The third kappa shape index (κ3) is 1.86. The van der Waals surface area contributed by atoms with Crippen molar-refractivity contribution < 1.29 is 0 Å². The van der Waals surface area contributed by atoms with Crippen molar-refractivity contribution in [3.05, 3.63) is 45.4 Å². The first-order valence-electron chi connectivity index (χ1n) is 3.64. The first kappa shape index (κ1) is 9.02. The normalized spacial score (nSPS) is 10.3. The topological polar surface area (TPSA) is 17.8 Å². The summed E-state index contributed by atoms with van der Waals surface area (Å²) in [6, 6.07) is 5.50. The van der Waals surface area contributed by atoms with Crippen LogP contribution in [0.1, 0.15) is 0 Å². The summed E-state index contributed by atoms with van der Waals surface area (Å²) in [6.07, 6.45) is 6.66. The van der Waals surface area contributed by atoms with Crippen LogP contribution in [-0.2, 0) is 0 Å². The molecule has 0 amide bonds. The summed E-state index contributed by atoms with van der Waals surface area (Å²) in [5, 5.41) is 0.630. The summed E-state index contributed by atoms with van der Waals surface area (Å²) in [4.78, 5) is 4.16. The highest BCUT2D eigenvalue weighted by atomic mass is 127. The van der Waals surface area contributed by atoms with E-state index in [1.165, 1.54) is 0 Å². The van der Waals surface area contributed by atoms with E-state index in [4.69, 9.17) is 11.6 Å². The van der Waals surface area contributed by atoms with Crippen LogP contribution < -0.4 is 0 Å². The van der Waals surface area contributed by atoms with Gasteiger partial charge in [0.15, 0.2) is 5.82 Å². The third-order valence-corrected chi connectivity index (χ3v) is 2.45. The molecule has 0 aromatic carbocycles. The van der Waals surface area contributed by atoms with Crippen molar-refractivity contribution in [1.29, 1.82) is 0 Å². The SMILES string of the molecule is Clc1cccnc1-n1[c]cc(I)c1. The van der Waals surface area contributed by atoms with E-state index < -0.39 is 0 Å². The van der Waals surface area contributed by atoms with Gasteiger partial charge in [-0.25, -0.2) is 4.98 Å². The van der Waals surface area contributed by atoms with Crippen LogP contribution in [0, 0.1) is 9.77 Å². The number of pyridine rings is 1. The zero-order valence-electron chi connectivity index (χ0n) is 6.54. The molecular weight excluding hydrogens is 298 g/mol. The maximum atomic E-state index is 5.96. The van der Waals surface area contributed by atoms with Crippen molar-refractivity contribution in [2.45, 2.75) is 0 Å². The molecule has 65 valence electrons. The average Bonchev–Trinajstić information content (AvgIpc) is 2.53. The lowest BCUT2D eigenvalue weighted by Crippen LogP contribution is -1.94. The third-order valence-electron chi connectivity index (χ3n) is 1.56. The molecule has 0 saturated carbocycles. The molecule has 2 nitrogen and oxygen atoms in total. The summed E-state index contributed by atoms with van der Waals surface area (Å²) >= 11 is 8.18. The average molecular weight is 304 g/mol. The van der Waals surface area contributed by atoms with Crippen molar-refractivity contribution in [3.8, 4) is 5.82 Å². The van der Waals surface area contributed by atoms with E-state index in [1.54, 1.807) is 16.8 Å². The van der Waals surface area contributed by atoms with Crippen LogP contribution >= 0.6 is 34.2 Å². The molecule has 1 radical (unpaired) electrons. The molecule has 0 unspecified atom stereocenters. The number of hydrogen-bond donors (Lipinski definition) is 0. The Bertz CT molecular complexity index is 425. The fourth-order valence-electron chi connectivity index (χ4n) is 1.01. The number of hydrogen-bond acceptors (Lipinski definition) is 1. The predicted octanol–water partition coefficient (Wildman–Crippen LogP) is 2.93. The zero-order chi connectivity index (χ0) is 9.26. The van der Waals surface area contributed by atoms with Gasteiger partial charge < -0.3 is 0 Å². The van der Waals surface area contributed by atoms with Crippen LogP contribution in [0.2, 0.25) is 5.02 Å².